The number of carbonyl (C=O) groups is 2. The number of β-amino-alcohol motifs (C(OH)–C–C–N with tert-alkyl or cyclic N) is 1. The summed E-state index contributed by atoms with van der Waals surface area (Å²) in [6.45, 7) is -0.343. The summed E-state index contributed by atoms with van der Waals surface area (Å²) < 4.78 is 82.2. The van der Waals surface area contributed by atoms with Gasteiger partial charge >= 0.3 is 18.3 Å². The second kappa shape index (κ2) is 10.2. The number of aryl methyl sites for hydroxylation is 1. The fraction of sp³-hybridized carbons (Fsp3) is 0.500. The number of nitrogens with two attached hydrogens (primary N) is 1. The number of aromatic nitrogens is 2. The molecule has 3 unspecified atom stereocenters. The minimum absolute atomic E-state index is 0.00744. The number of carbonyl (C=O) groups excluding carboxylic acids is 2. The average molecular weight is 578 g/mol. The predicted octanol–water partition coefficient (Wildman–Crippen LogP) is 1.90. The Kier molecular flexibility index (Phi) is 7.49. The van der Waals surface area contributed by atoms with Gasteiger partial charge in [-0.1, -0.05) is 12.1 Å². The van der Waals surface area contributed by atoms with Crippen molar-refractivity contribution in [2.45, 2.75) is 56.0 Å². The van der Waals surface area contributed by atoms with Gasteiger partial charge in [0.25, 0.3) is 0 Å². The average Bonchev–Trinajstić information content (AvgIpc) is 2.84. The lowest BCUT2D eigenvalue weighted by Crippen LogP contribution is -2.66. The number of esters is 1. The number of aliphatic hydroxyl groups excluding tert-OH is 2. The number of hydrogen-bond donors (Lipinski definition) is 4. The molecule has 2 heterocycles. The van der Waals surface area contributed by atoms with Crippen molar-refractivity contribution in [3.05, 3.63) is 41.2 Å². The Labute approximate surface area is 222 Å². The van der Waals surface area contributed by atoms with Crippen LogP contribution in [0.2, 0.25) is 0 Å². The molecule has 2 aromatic rings. The summed E-state index contributed by atoms with van der Waals surface area (Å²) in [4.78, 5) is 33.2. The number of benzene rings is 1. The highest BCUT2D eigenvalue weighted by Gasteiger charge is 2.55. The summed E-state index contributed by atoms with van der Waals surface area (Å²) >= 11 is 0. The molecule has 1 saturated carbocycles. The SMILES string of the molecule is Cc1ccc(C(O)(CO)C(F)(F)F)cc1-c1cnc(N)c(C2CC(C(=O)N3CC(O)C3OC(=O)C(F)(F)F)C2)n1. The fourth-order valence-electron chi connectivity index (χ4n) is 4.62. The Balaban J connectivity index is 1.51. The van der Waals surface area contributed by atoms with E-state index in [0.29, 0.717) is 5.56 Å². The van der Waals surface area contributed by atoms with Gasteiger partial charge in [0.1, 0.15) is 11.9 Å². The maximum atomic E-state index is 13.5. The molecule has 218 valence electrons. The van der Waals surface area contributed by atoms with Crippen molar-refractivity contribution in [2.24, 2.45) is 5.92 Å². The maximum Gasteiger partial charge on any atom is 0.491 e. The van der Waals surface area contributed by atoms with Gasteiger partial charge in [-0.25, -0.2) is 14.8 Å². The molecule has 5 N–H and O–H groups in total. The van der Waals surface area contributed by atoms with Crippen molar-refractivity contribution in [3.63, 3.8) is 0 Å². The third-order valence-electron chi connectivity index (χ3n) is 7.15. The molecule has 1 aliphatic heterocycles. The second-order valence-electron chi connectivity index (χ2n) is 9.79. The Morgan fingerprint density at radius 3 is 2.38 bits per heavy atom. The van der Waals surface area contributed by atoms with Crippen LogP contribution in [0.15, 0.2) is 24.4 Å². The quantitative estimate of drug-likeness (QED) is 0.297. The third kappa shape index (κ3) is 5.17. The van der Waals surface area contributed by atoms with Gasteiger partial charge in [0.15, 0.2) is 0 Å². The summed E-state index contributed by atoms with van der Waals surface area (Å²) in [5, 5.41) is 29.1. The molecule has 2 aliphatic rings. The summed E-state index contributed by atoms with van der Waals surface area (Å²) in [5.74, 6) is -4.31. The molecule has 4 rings (SSSR count). The number of alkyl halides is 6. The van der Waals surface area contributed by atoms with Crippen LogP contribution in [0.1, 0.15) is 35.6 Å². The molecule has 16 heteroatoms. The molecule has 0 spiro atoms. The lowest BCUT2D eigenvalue weighted by molar-refractivity contribution is -0.277. The molecule has 2 fully saturated rings. The van der Waals surface area contributed by atoms with E-state index in [0.717, 1.165) is 17.0 Å². The molecular formula is C24H24F6N4O6. The van der Waals surface area contributed by atoms with E-state index in [2.05, 4.69) is 14.7 Å². The number of likely N-dealkylation sites (tertiary alicyclic amines) is 1. The predicted molar refractivity (Wildman–Crippen MR) is 123 cm³/mol. The minimum Gasteiger partial charge on any atom is -0.432 e. The van der Waals surface area contributed by atoms with Crippen molar-refractivity contribution < 1.29 is 56.0 Å². The van der Waals surface area contributed by atoms with E-state index in [1.807, 2.05) is 0 Å². The van der Waals surface area contributed by atoms with Crippen LogP contribution in [-0.4, -0.2) is 79.9 Å². The highest BCUT2D eigenvalue weighted by Crippen LogP contribution is 2.45. The molecule has 1 aromatic heterocycles. The van der Waals surface area contributed by atoms with Crippen LogP contribution in [0.5, 0.6) is 0 Å². The van der Waals surface area contributed by atoms with Crippen LogP contribution >= 0.6 is 0 Å². The van der Waals surface area contributed by atoms with Gasteiger partial charge in [0.05, 0.1) is 30.7 Å². The van der Waals surface area contributed by atoms with Crippen LogP contribution in [0, 0.1) is 12.8 Å². The zero-order chi connectivity index (χ0) is 29.8. The largest absolute Gasteiger partial charge is 0.491 e. The van der Waals surface area contributed by atoms with Gasteiger partial charge in [-0.3, -0.25) is 4.79 Å². The molecule has 1 amide bonds. The number of rotatable bonds is 6. The maximum absolute atomic E-state index is 13.5. The van der Waals surface area contributed by atoms with E-state index in [9.17, 15) is 51.3 Å². The molecular weight excluding hydrogens is 554 g/mol. The van der Waals surface area contributed by atoms with Crippen molar-refractivity contribution in [1.29, 1.82) is 0 Å². The van der Waals surface area contributed by atoms with Gasteiger partial charge in [0.2, 0.25) is 17.7 Å². The third-order valence-corrected chi connectivity index (χ3v) is 7.15. The number of hydrogen-bond acceptors (Lipinski definition) is 9. The Morgan fingerprint density at radius 1 is 1.18 bits per heavy atom. The van der Waals surface area contributed by atoms with Crippen molar-refractivity contribution in [1.82, 2.24) is 14.9 Å². The van der Waals surface area contributed by atoms with E-state index in [1.165, 1.54) is 12.3 Å². The zero-order valence-corrected chi connectivity index (χ0v) is 20.7. The first-order chi connectivity index (χ1) is 18.5. The number of ether oxygens (including phenoxy) is 1. The van der Waals surface area contributed by atoms with Gasteiger partial charge in [0, 0.05) is 17.4 Å². The van der Waals surface area contributed by atoms with Crippen LogP contribution in [-0.2, 0) is 19.9 Å². The lowest BCUT2D eigenvalue weighted by atomic mass is 9.72. The topological polar surface area (TPSA) is 159 Å². The van der Waals surface area contributed by atoms with E-state index >= 15 is 0 Å². The van der Waals surface area contributed by atoms with Gasteiger partial charge in [-0.05, 0) is 37.0 Å². The molecule has 3 atom stereocenters. The normalized spacial score (nSPS) is 24.5. The van der Waals surface area contributed by atoms with Gasteiger partial charge in [-0.2, -0.15) is 26.3 Å². The van der Waals surface area contributed by atoms with Crippen LogP contribution in [0.3, 0.4) is 0 Å². The Bertz CT molecular complexity index is 1320. The molecule has 1 aromatic carbocycles. The first-order valence-corrected chi connectivity index (χ1v) is 11.9. The summed E-state index contributed by atoms with van der Waals surface area (Å²) in [6, 6.07) is 3.38. The van der Waals surface area contributed by atoms with Crippen LogP contribution in [0.25, 0.3) is 11.3 Å². The van der Waals surface area contributed by atoms with E-state index < -0.39 is 66.2 Å². The standard InChI is InChI=1S/C24H24F6N4O6/c1-10-2-3-13(22(39,9-35)24(28,29)30)6-14(10)15-7-32-18(31)17(33-15)11-4-12(5-11)19(37)34-8-16(36)20(34)40-21(38)23(25,26)27/h2-3,6-7,11-12,16,20,35-36,39H,4-5,8-9H2,1H3,(H2,31,32). The molecule has 1 aliphatic carbocycles. The lowest BCUT2D eigenvalue weighted by Gasteiger charge is -2.47. The zero-order valence-electron chi connectivity index (χ0n) is 20.7. The Morgan fingerprint density at radius 2 is 1.82 bits per heavy atom. The smallest absolute Gasteiger partial charge is 0.432 e. The van der Waals surface area contributed by atoms with Crippen LogP contribution in [0.4, 0.5) is 32.2 Å². The minimum atomic E-state index is -5.30. The number of halogens is 6. The van der Waals surface area contributed by atoms with Gasteiger partial charge < -0.3 is 30.7 Å². The number of anilines is 1. The van der Waals surface area contributed by atoms with Crippen molar-refractivity contribution >= 4 is 17.7 Å². The molecule has 0 radical (unpaired) electrons. The molecule has 40 heavy (non-hydrogen) atoms. The first kappa shape index (κ1) is 29.5. The summed E-state index contributed by atoms with van der Waals surface area (Å²) in [7, 11) is 0. The highest BCUT2D eigenvalue weighted by atomic mass is 19.4. The van der Waals surface area contributed by atoms with Crippen molar-refractivity contribution in [3.8, 4) is 11.3 Å². The van der Waals surface area contributed by atoms with E-state index in [-0.39, 0.29) is 42.2 Å². The van der Waals surface area contributed by atoms with E-state index in [4.69, 9.17) is 5.73 Å². The summed E-state index contributed by atoms with van der Waals surface area (Å²) in [5.41, 5.74) is 2.84. The summed E-state index contributed by atoms with van der Waals surface area (Å²) in [6.07, 6.45) is -12.2. The monoisotopic (exact) mass is 578 g/mol. The molecule has 0 bridgehead atoms. The van der Waals surface area contributed by atoms with Gasteiger partial charge in [-0.15, -0.1) is 0 Å². The van der Waals surface area contributed by atoms with Crippen LogP contribution < -0.4 is 5.73 Å². The highest BCUT2D eigenvalue weighted by molar-refractivity contribution is 5.82. The number of aliphatic hydroxyl groups is 3. The number of amides is 1. The van der Waals surface area contributed by atoms with Crippen molar-refractivity contribution in [2.75, 3.05) is 18.9 Å². The molecule has 1 saturated heterocycles. The molecule has 10 nitrogen and oxygen atoms in total. The van der Waals surface area contributed by atoms with E-state index in [1.54, 1.807) is 6.92 Å². The first-order valence-electron chi connectivity index (χ1n) is 11.9. The Hall–Kier alpha value is -3.50. The number of nitrogens with zero attached hydrogens (tertiary/aromatic N) is 3. The fourth-order valence-corrected chi connectivity index (χ4v) is 4.62. The number of nitrogen functional groups attached to an aromatic ring is 1. The second-order valence-corrected chi connectivity index (χ2v) is 9.79.